The van der Waals surface area contributed by atoms with E-state index in [0.29, 0.717) is 19.8 Å². The van der Waals surface area contributed by atoms with Crippen LogP contribution < -0.4 is 4.90 Å². The second kappa shape index (κ2) is 5.96. The molecule has 0 unspecified atom stereocenters. The maximum atomic E-state index is 12.7. The molecule has 3 heterocycles. The zero-order chi connectivity index (χ0) is 15.8. The summed E-state index contributed by atoms with van der Waals surface area (Å²) in [6.07, 6.45) is 1.63. The molecule has 3 aliphatic heterocycles. The maximum Gasteiger partial charge on any atom is 0.232 e. The molecule has 4 rings (SSSR count). The van der Waals surface area contributed by atoms with Crippen LogP contribution in [0.25, 0.3) is 0 Å². The molecule has 3 aliphatic rings. The smallest absolute Gasteiger partial charge is 0.232 e. The first kappa shape index (κ1) is 14.7. The van der Waals surface area contributed by atoms with E-state index >= 15 is 0 Å². The Morgan fingerprint density at radius 2 is 1.78 bits per heavy atom. The standard InChI is InChI=1S/C18H22N2O3/c21-17(13-6-8-23-9-7-13)19-10-14-11-20(18(22)16(14)12-19)15-4-2-1-3-5-15/h1-5,13-14,16H,6-12H2/t14-,16+/m0/s1. The number of hydrogen-bond donors (Lipinski definition) is 0. The summed E-state index contributed by atoms with van der Waals surface area (Å²) in [6, 6.07) is 9.82. The maximum absolute atomic E-state index is 12.7. The third-order valence-electron chi connectivity index (χ3n) is 5.39. The molecule has 5 heteroatoms. The largest absolute Gasteiger partial charge is 0.381 e. The highest BCUT2D eigenvalue weighted by atomic mass is 16.5. The highest BCUT2D eigenvalue weighted by Gasteiger charge is 2.48. The lowest BCUT2D eigenvalue weighted by Gasteiger charge is -2.27. The Bertz CT molecular complexity index is 598. The molecule has 0 aromatic heterocycles. The van der Waals surface area contributed by atoms with Gasteiger partial charge in [-0.15, -0.1) is 0 Å². The SMILES string of the molecule is O=C(C1CCOCC1)N1C[C@H]2CN(c3ccccc3)C(=O)[C@@H]2C1. The fraction of sp³-hybridized carbons (Fsp3) is 0.556. The fourth-order valence-corrected chi connectivity index (χ4v) is 4.08. The van der Waals surface area contributed by atoms with Crippen LogP contribution in [-0.4, -0.2) is 49.6 Å². The van der Waals surface area contributed by atoms with Crippen LogP contribution in [0.5, 0.6) is 0 Å². The van der Waals surface area contributed by atoms with E-state index in [2.05, 4.69) is 0 Å². The monoisotopic (exact) mass is 314 g/mol. The van der Waals surface area contributed by atoms with E-state index in [4.69, 9.17) is 4.74 Å². The van der Waals surface area contributed by atoms with Crippen molar-refractivity contribution in [2.75, 3.05) is 37.7 Å². The van der Waals surface area contributed by atoms with Crippen LogP contribution in [0.3, 0.4) is 0 Å². The van der Waals surface area contributed by atoms with Gasteiger partial charge in [0.15, 0.2) is 0 Å². The lowest BCUT2D eigenvalue weighted by Crippen LogP contribution is -2.40. The van der Waals surface area contributed by atoms with E-state index in [1.165, 1.54) is 0 Å². The van der Waals surface area contributed by atoms with Crippen LogP contribution in [0, 0.1) is 17.8 Å². The number of fused-ring (bicyclic) bond motifs is 1. The van der Waals surface area contributed by atoms with Gasteiger partial charge >= 0.3 is 0 Å². The molecule has 0 spiro atoms. The number of nitrogens with zero attached hydrogens (tertiary/aromatic N) is 2. The number of amides is 2. The summed E-state index contributed by atoms with van der Waals surface area (Å²) in [6.45, 7) is 3.39. The number of benzene rings is 1. The van der Waals surface area contributed by atoms with E-state index in [1.807, 2.05) is 40.1 Å². The lowest BCUT2D eigenvalue weighted by molar-refractivity contribution is -0.137. The molecule has 1 aromatic rings. The van der Waals surface area contributed by atoms with Crippen LogP contribution in [0.2, 0.25) is 0 Å². The number of anilines is 1. The Hall–Kier alpha value is -1.88. The van der Waals surface area contributed by atoms with Crippen LogP contribution in [0.15, 0.2) is 30.3 Å². The van der Waals surface area contributed by atoms with Gasteiger partial charge in [-0.3, -0.25) is 9.59 Å². The highest BCUT2D eigenvalue weighted by molar-refractivity contribution is 5.98. The molecular formula is C18H22N2O3. The van der Waals surface area contributed by atoms with Crippen molar-refractivity contribution in [3.8, 4) is 0 Å². The molecule has 122 valence electrons. The number of carbonyl (C=O) groups excluding carboxylic acids is 2. The first-order valence-corrected chi connectivity index (χ1v) is 8.47. The summed E-state index contributed by atoms with van der Waals surface area (Å²) in [5.74, 6) is 0.721. The lowest BCUT2D eigenvalue weighted by atomic mass is 9.99. The van der Waals surface area contributed by atoms with Crippen LogP contribution in [-0.2, 0) is 14.3 Å². The first-order valence-electron chi connectivity index (χ1n) is 8.47. The van der Waals surface area contributed by atoms with Crippen molar-refractivity contribution in [1.82, 2.24) is 4.90 Å². The summed E-state index contributed by atoms with van der Waals surface area (Å²) in [7, 11) is 0. The first-order chi connectivity index (χ1) is 11.2. The van der Waals surface area contributed by atoms with Crippen molar-refractivity contribution < 1.29 is 14.3 Å². The van der Waals surface area contributed by atoms with Crippen molar-refractivity contribution in [1.29, 1.82) is 0 Å². The molecule has 0 radical (unpaired) electrons. The van der Waals surface area contributed by atoms with Gasteiger partial charge in [0.05, 0.1) is 5.92 Å². The molecule has 0 saturated carbocycles. The van der Waals surface area contributed by atoms with Crippen molar-refractivity contribution >= 4 is 17.5 Å². The number of ether oxygens (including phenoxy) is 1. The Labute approximate surface area is 136 Å². The van der Waals surface area contributed by atoms with Gasteiger partial charge in [0, 0.05) is 50.4 Å². The average Bonchev–Trinajstić information content (AvgIpc) is 3.16. The van der Waals surface area contributed by atoms with Gasteiger partial charge in [0.25, 0.3) is 0 Å². The number of carbonyl (C=O) groups is 2. The van der Waals surface area contributed by atoms with Gasteiger partial charge in [-0.2, -0.15) is 0 Å². The van der Waals surface area contributed by atoms with Crippen molar-refractivity contribution in [2.45, 2.75) is 12.8 Å². The molecule has 3 fully saturated rings. The van der Waals surface area contributed by atoms with E-state index in [1.54, 1.807) is 0 Å². The second-order valence-corrected chi connectivity index (χ2v) is 6.78. The fourth-order valence-electron chi connectivity index (χ4n) is 4.08. The minimum absolute atomic E-state index is 0.0287. The third kappa shape index (κ3) is 2.63. The van der Waals surface area contributed by atoms with Gasteiger partial charge in [0.1, 0.15) is 0 Å². The van der Waals surface area contributed by atoms with Gasteiger partial charge in [-0.1, -0.05) is 18.2 Å². The summed E-state index contributed by atoms with van der Waals surface area (Å²) in [4.78, 5) is 29.1. The van der Waals surface area contributed by atoms with Crippen molar-refractivity contribution in [2.24, 2.45) is 17.8 Å². The normalized spacial score (nSPS) is 28.3. The molecule has 2 amide bonds. The van der Waals surface area contributed by atoms with Crippen LogP contribution >= 0.6 is 0 Å². The van der Waals surface area contributed by atoms with Crippen molar-refractivity contribution in [3.63, 3.8) is 0 Å². The minimum atomic E-state index is -0.0287. The molecule has 0 aliphatic carbocycles. The Kier molecular flexibility index (Phi) is 3.81. The highest BCUT2D eigenvalue weighted by Crippen LogP contribution is 2.36. The number of likely N-dealkylation sites (tertiary alicyclic amines) is 1. The topological polar surface area (TPSA) is 49.9 Å². The van der Waals surface area contributed by atoms with Gasteiger partial charge < -0.3 is 14.5 Å². The van der Waals surface area contributed by atoms with E-state index < -0.39 is 0 Å². The molecule has 3 saturated heterocycles. The molecule has 2 atom stereocenters. The van der Waals surface area contributed by atoms with E-state index in [0.717, 1.165) is 31.6 Å². The van der Waals surface area contributed by atoms with Gasteiger partial charge in [-0.05, 0) is 25.0 Å². The molecular weight excluding hydrogens is 292 g/mol. The zero-order valence-electron chi connectivity index (χ0n) is 13.2. The minimum Gasteiger partial charge on any atom is -0.381 e. The van der Waals surface area contributed by atoms with Gasteiger partial charge in [0.2, 0.25) is 11.8 Å². The number of rotatable bonds is 2. The van der Waals surface area contributed by atoms with E-state index in [-0.39, 0.29) is 29.6 Å². The molecule has 1 aromatic carbocycles. The third-order valence-corrected chi connectivity index (χ3v) is 5.39. The zero-order valence-corrected chi connectivity index (χ0v) is 13.2. The molecule has 0 N–H and O–H groups in total. The predicted octanol–water partition coefficient (Wildman–Crippen LogP) is 1.53. The summed E-state index contributed by atoms with van der Waals surface area (Å²) in [5.41, 5.74) is 0.967. The Morgan fingerprint density at radius 3 is 2.48 bits per heavy atom. The summed E-state index contributed by atoms with van der Waals surface area (Å²) >= 11 is 0. The van der Waals surface area contributed by atoms with E-state index in [9.17, 15) is 9.59 Å². The van der Waals surface area contributed by atoms with Crippen molar-refractivity contribution in [3.05, 3.63) is 30.3 Å². The Balaban J connectivity index is 1.42. The average molecular weight is 314 g/mol. The summed E-state index contributed by atoms with van der Waals surface area (Å²) in [5, 5.41) is 0. The quantitative estimate of drug-likeness (QED) is 0.832. The van der Waals surface area contributed by atoms with Crippen LogP contribution in [0.1, 0.15) is 12.8 Å². The predicted molar refractivity (Wildman–Crippen MR) is 85.9 cm³/mol. The Morgan fingerprint density at radius 1 is 1.04 bits per heavy atom. The molecule has 23 heavy (non-hydrogen) atoms. The number of hydrogen-bond acceptors (Lipinski definition) is 3. The number of para-hydroxylation sites is 1. The van der Waals surface area contributed by atoms with Crippen LogP contribution in [0.4, 0.5) is 5.69 Å². The molecule has 0 bridgehead atoms. The van der Waals surface area contributed by atoms with Gasteiger partial charge in [-0.25, -0.2) is 0 Å². The molecule has 5 nitrogen and oxygen atoms in total. The summed E-state index contributed by atoms with van der Waals surface area (Å²) < 4.78 is 5.34. The second-order valence-electron chi connectivity index (χ2n) is 6.78.